The summed E-state index contributed by atoms with van der Waals surface area (Å²) in [5.41, 5.74) is -3.87. The molecule has 0 radical (unpaired) electrons. The van der Waals surface area contributed by atoms with Gasteiger partial charge in [-0.1, -0.05) is 20.8 Å². The highest BCUT2D eigenvalue weighted by atomic mass is 19.4. The van der Waals surface area contributed by atoms with Crippen LogP contribution >= 0.6 is 0 Å². The lowest BCUT2D eigenvalue weighted by atomic mass is 9.83. The van der Waals surface area contributed by atoms with Crippen molar-refractivity contribution < 1.29 is 41.0 Å². The molecule has 0 saturated carbocycles. The third-order valence-electron chi connectivity index (χ3n) is 2.98. The molecule has 128 valence electrons. The van der Waals surface area contributed by atoms with Crippen LogP contribution in [0, 0.1) is 0 Å². The number of halogens is 6. The Morgan fingerprint density at radius 3 is 1.35 bits per heavy atom. The predicted octanol–water partition coefficient (Wildman–Crippen LogP) is 4.18. The van der Waals surface area contributed by atoms with Crippen molar-refractivity contribution in [3.8, 4) is 5.75 Å². The molecule has 3 nitrogen and oxygen atoms in total. The van der Waals surface area contributed by atoms with Crippen molar-refractivity contribution in [1.82, 2.24) is 0 Å². The number of Topliss-reactive ketones (excluding diaryl/α,β-unsaturated/α-hetero) is 2. The number of phenolic OH excluding ortho intramolecular Hbond substituents is 1. The summed E-state index contributed by atoms with van der Waals surface area (Å²) >= 11 is 0. The minimum Gasteiger partial charge on any atom is -0.506 e. The number of ketones is 2. The van der Waals surface area contributed by atoms with E-state index < -0.39 is 46.2 Å². The third kappa shape index (κ3) is 4.02. The Balaban J connectivity index is 3.73. The molecule has 23 heavy (non-hydrogen) atoms. The summed E-state index contributed by atoms with van der Waals surface area (Å²) in [5, 5.41) is 9.60. The highest BCUT2D eigenvalue weighted by Gasteiger charge is 2.45. The van der Waals surface area contributed by atoms with Crippen molar-refractivity contribution in [2.24, 2.45) is 0 Å². The van der Waals surface area contributed by atoms with E-state index in [4.69, 9.17) is 0 Å². The molecule has 0 spiro atoms. The van der Waals surface area contributed by atoms with Crippen LogP contribution in [-0.2, 0) is 5.41 Å². The summed E-state index contributed by atoms with van der Waals surface area (Å²) < 4.78 is 75.3. The van der Waals surface area contributed by atoms with Crippen molar-refractivity contribution in [3.63, 3.8) is 0 Å². The lowest BCUT2D eigenvalue weighted by Crippen LogP contribution is -2.27. The first kappa shape index (κ1) is 19.0. The van der Waals surface area contributed by atoms with Gasteiger partial charge in [0.05, 0.1) is 11.1 Å². The zero-order valence-electron chi connectivity index (χ0n) is 12.2. The van der Waals surface area contributed by atoms with Gasteiger partial charge < -0.3 is 5.11 Å². The molecule has 0 aliphatic carbocycles. The maximum absolute atomic E-state index is 12.5. The van der Waals surface area contributed by atoms with Gasteiger partial charge in [0.2, 0.25) is 0 Å². The zero-order chi connectivity index (χ0) is 18.4. The van der Waals surface area contributed by atoms with Crippen LogP contribution in [0.4, 0.5) is 26.3 Å². The Morgan fingerprint density at radius 1 is 0.826 bits per heavy atom. The first-order valence-electron chi connectivity index (χ1n) is 6.17. The average Bonchev–Trinajstić information content (AvgIpc) is 2.33. The first-order chi connectivity index (χ1) is 10.1. The van der Waals surface area contributed by atoms with E-state index in [-0.39, 0.29) is 5.56 Å². The smallest absolute Gasteiger partial charge is 0.455 e. The largest absolute Gasteiger partial charge is 0.506 e. The van der Waals surface area contributed by atoms with E-state index in [1.54, 1.807) is 0 Å². The molecule has 0 heterocycles. The standard InChI is InChI=1S/C14H12F6O3/c1-12(2,3)6-4-7(10(22)13(15,16)17)9(21)8(5-6)11(23)14(18,19)20/h4-5,21H,1-3H3. The number of hydrogen-bond donors (Lipinski definition) is 1. The number of rotatable bonds is 2. The van der Waals surface area contributed by atoms with Crippen molar-refractivity contribution >= 4 is 11.6 Å². The Hall–Kier alpha value is -2.06. The molecule has 1 aromatic rings. The number of hydrogen-bond acceptors (Lipinski definition) is 3. The third-order valence-corrected chi connectivity index (χ3v) is 2.98. The number of carbonyl (C=O) groups is 2. The van der Waals surface area contributed by atoms with E-state index in [0.717, 1.165) is 0 Å². The van der Waals surface area contributed by atoms with E-state index in [9.17, 15) is 41.0 Å². The Morgan fingerprint density at radius 2 is 1.13 bits per heavy atom. The SMILES string of the molecule is CC(C)(C)c1cc(C(=O)C(F)(F)F)c(O)c(C(=O)C(F)(F)F)c1. The van der Waals surface area contributed by atoms with Crippen molar-refractivity contribution in [2.75, 3.05) is 0 Å². The molecule has 9 heteroatoms. The van der Waals surface area contributed by atoms with Crippen LogP contribution in [0.1, 0.15) is 47.1 Å². The van der Waals surface area contributed by atoms with Gasteiger partial charge in [0.1, 0.15) is 5.75 Å². The fourth-order valence-electron chi connectivity index (χ4n) is 1.72. The minimum absolute atomic E-state index is 0.129. The lowest BCUT2D eigenvalue weighted by molar-refractivity contribution is -0.0890. The number of benzene rings is 1. The van der Waals surface area contributed by atoms with E-state index in [1.807, 2.05) is 0 Å². The summed E-state index contributed by atoms with van der Waals surface area (Å²) in [6, 6.07) is 1.27. The van der Waals surface area contributed by atoms with Crippen LogP contribution in [0.5, 0.6) is 5.75 Å². The van der Waals surface area contributed by atoms with Crippen molar-refractivity contribution in [3.05, 3.63) is 28.8 Å². The molecule has 0 amide bonds. The van der Waals surface area contributed by atoms with Crippen LogP contribution < -0.4 is 0 Å². The van der Waals surface area contributed by atoms with E-state index in [1.165, 1.54) is 20.8 Å². The Bertz CT molecular complexity index is 603. The molecular weight excluding hydrogens is 330 g/mol. The molecule has 0 aliphatic rings. The second kappa shape index (κ2) is 5.54. The number of carbonyl (C=O) groups excluding carboxylic acids is 2. The Labute approximate surface area is 126 Å². The topological polar surface area (TPSA) is 54.4 Å². The highest BCUT2D eigenvalue weighted by Crippen LogP contribution is 2.37. The quantitative estimate of drug-likeness (QED) is 0.648. The van der Waals surface area contributed by atoms with Gasteiger partial charge in [-0.2, -0.15) is 26.3 Å². The number of alkyl halides is 6. The molecule has 0 atom stereocenters. The van der Waals surface area contributed by atoms with Crippen molar-refractivity contribution in [1.29, 1.82) is 0 Å². The highest BCUT2D eigenvalue weighted by molar-refractivity contribution is 6.09. The molecule has 1 aromatic carbocycles. The summed E-state index contributed by atoms with van der Waals surface area (Å²) in [6.07, 6.45) is -10.8. The molecule has 1 N–H and O–H groups in total. The van der Waals surface area contributed by atoms with Gasteiger partial charge >= 0.3 is 12.4 Å². The van der Waals surface area contributed by atoms with Gasteiger partial charge in [-0.3, -0.25) is 9.59 Å². The maximum Gasteiger partial charge on any atom is 0.455 e. The Kier molecular flexibility index (Phi) is 4.57. The van der Waals surface area contributed by atoms with Gasteiger partial charge in [0.25, 0.3) is 11.6 Å². The van der Waals surface area contributed by atoms with E-state index >= 15 is 0 Å². The monoisotopic (exact) mass is 342 g/mol. The molecule has 0 fully saturated rings. The van der Waals surface area contributed by atoms with Crippen LogP contribution in [0.2, 0.25) is 0 Å². The van der Waals surface area contributed by atoms with Crippen LogP contribution in [0.3, 0.4) is 0 Å². The molecule has 1 rings (SSSR count). The second-order valence-corrected chi connectivity index (χ2v) is 5.82. The van der Waals surface area contributed by atoms with Gasteiger partial charge in [-0.15, -0.1) is 0 Å². The number of aromatic hydroxyl groups is 1. The van der Waals surface area contributed by atoms with Crippen molar-refractivity contribution in [2.45, 2.75) is 38.5 Å². The summed E-state index contributed by atoms with van der Waals surface area (Å²) in [5.74, 6) is -6.70. The van der Waals surface area contributed by atoms with Gasteiger partial charge in [-0.05, 0) is 23.1 Å². The number of phenols is 1. The lowest BCUT2D eigenvalue weighted by Gasteiger charge is -2.22. The fourth-order valence-corrected chi connectivity index (χ4v) is 1.72. The predicted molar refractivity (Wildman–Crippen MR) is 67.6 cm³/mol. The maximum atomic E-state index is 12.5. The molecule has 0 unspecified atom stereocenters. The zero-order valence-corrected chi connectivity index (χ0v) is 12.2. The minimum atomic E-state index is -5.41. The van der Waals surface area contributed by atoms with E-state index in [2.05, 4.69) is 0 Å². The summed E-state index contributed by atoms with van der Waals surface area (Å²) in [6.45, 7) is 4.38. The normalized spacial score (nSPS) is 13.1. The summed E-state index contributed by atoms with van der Waals surface area (Å²) in [4.78, 5) is 22.6. The fraction of sp³-hybridized carbons (Fsp3) is 0.429. The van der Waals surface area contributed by atoms with Gasteiger partial charge in [-0.25, -0.2) is 0 Å². The van der Waals surface area contributed by atoms with Crippen LogP contribution in [-0.4, -0.2) is 29.0 Å². The first-order valence-corrected chi connectivity index (χ1v) is 6.17. The van der Waals surface area contributed by atoms with Crippen LogP contribution in [0.25, 0.3) is 0 Å². The van der Waals surface area contributed by atoms with Crippen LogP contribution in [0.15, 0.2) is 12.1 Å². The van der Waals surface area contributed by atoms with Gasteiger partial charge in [0.15, 0.2) is 0 Å². The van der Waals surface area contributed by atoms with E-state index in [0.29, 0.717) is 12.1 Å². The van der Waals surface area contributed by atoms with Gasteiger partial charge in [0, 0.05) is 0 Å². The average molecular weight is 342 g/mol. The molecule has 0 bridgehead atoms. The summed E-state index contributed by atoms with van der Waals surface area (Å²) in [7, 11) is 0. The molecule has 0 aromatic heterocycles. The second-order valence-electron chi connectivity index (χ2n) is 5.82. The molecule has 0 aliphatic heterocycles. The molecular formula is C14H12F6O3. The molecule has 0 saturated heterocycles.